The summed E-state index contributed by atoms with van der Waals surface area (Å²) in [5.74, 6) is -0.847. The molecule has 2 N–H and O–H groups in total. The van der Waals surface area contributed by atoms with Gasteiger partial charge in [0.2, 0.25) is 0 Å². The molecule has 2 rings (SSSR count). The third kappa shape index (κ3) is 2.62. The van der Waals surface area contributed by atoms with E-state index in [-0.39, 0.29) is 16.9 Å². The van der Waals surface area contributed by atoms with E-state index in [2.05, 4.69) is 10.3 Å². The number of benzene rings is 1. The number of hydrogen-bond acceptors (Lipinski definition) is 4. The molecule has 0 saturated heterocycles. The van der Waals surface area contributed by atoms with Crippen molar-refractivity contribution >= 4 is 17.5 Å². The van der Waals surface area contributed by atoms with Crippen LogP contribution in [0.15, 0.2) is 35.4 Å². The number of rotatable bonds is 3. The Balaban J connectivity index is 2.39. The summed E-state index contributed by atoms with van der Waals surface area (Å²) in [6, 6.07) is 4.86. The van der Waals surface area contributed by atoms with Crippen molar-refractivity contribution < 1.29 is 9.90 Å². The second-order valence-corrected chi connectivity index (χ2v) is 4.15. The highest BCUT2D eigenvalue weighted by molar-refractivity contribution is 5.90. The fourth-order valence-corrected chi connectivity index (χ4v) is 1.65. The molecule has 19 heavy (non-hydrogen) atoms. The number of nitrogens with zero attached hydrogens (tertiary/aromatic N) is 2. The molecule has 0 spiro atoms. The Bertz CT molecular complexity index is 692. The van der Waals surface area contributed by atoms with Crippen molar-refractivity contribution in [1.82, 2.24) is 9.55 Å². The Morgan fingerprint density at radius 1 is 1.42 bits per heavy atom. The number of carboxylic acid groups (broad SMARTS) is 1. The molecule has 0 saturated carbocycles. The van der Waals surface area contributed by atoms with Gasteiger partial charge in [0.15, 0.2) is 5.82 Å². The van der Waals surface area contributed by atoms with Crippen molar-refractivity contribution in [3.63, 3.8) is 0 Å². The summed E-state index contributed by atoms with van der Waals surface area (Å²) in [5, 5.41) is 11.9. The summed E-state index contributed by atoms with van der Waals surface area (Å²) >= 11 is 0. The molecule has 0 bridgehead atoms. The van der Waals surface area contributed by atoms with Crippen LogP contribution in [0.3, 0.4) is 0 Å². The quantitative estimate of drug-likeness (QED) is 0.873. The fourth-order valence-electron chi connectivity index (χ4n) is 1.65. The zero-order valence-electron chi connectivity index (χ0n) is 10.5. The smallest absolute Gasteiger partial charge is 0.336 e. The molecule has 0 unspecified atom stereocenters. The van der Waals surface area contributed by atoms with Crippen molar-refractivity contribution in [2.75, 3.05) is 5.32 Å². The standard InChI is InChI=1S/C13H13N3O3/c1-8-3-4-9(7-10(8)13(18)19)15-11-12(17)16(2)6-5-14-11/h3-7H,1-2H3,(H,14,15)(H,18,19). The summed E-state index contributed by atoms with van der Waals surface area (Å²) in [4.78, 5) is 26.8. The van der Waals surface area contributed by atoms with Gasteiger partial charge in [-0.15, -0.1) is 0 Å². The lowest BCUT2D eigenvalue weighted by Crippen LogP contribution is -2.20. The molecule has 0 atom stereocenters. The van der Waals surface area contributed by atoms with Crippen LogP contribution in [0.1, 0.15) is 15.9 Å². The molecule has 2 aromatic rings. The molecule has 98 valence electrons. The lowest BCUT2D eigenvalue weighted by molar-refractivity contribution is 0.0696. The maximum atomic E-state index is 11.8. The molecule has 0 aliphatic carbocycles. The van der Waals surface area contributed by atoms with Gasteiger partial charge in [0.05, 0.1) is 5.56 Å². The average molecular weight is 259 g/mol. The van der Waals surface area contributed by atoms with Gasteiger partial charge in [-0.05, 0) is 24.6 Å². The van der Waals surface area contributed by atoms with Gasteiger partial charge in [0.25, 0.3) is 5.56 Å². The van der Waals surface area contributed by atoms with Crippen molar-refractivity contribution in [2.24, 2.45) is 7.05 Å². The van der Waals surface area contributed by atoms with E-state index in [9.17, 15) is 9.59 Å². The van der Waals surface area contributed by atoms with E-state index in [0.29, 0.717) is 11.3 Å². The zero-order chi connectivity index (χ0) is 14.0. The molecule has 1 aromatic heterocycles. The summed E-state index contributed by atoms with van der Waals surface area (Å²) < 4.78 is 1.39. The Hall–Kier alpha value is -2.63. The Kier molecular flexibility index (Phi) is 3.33. The van der Waals surface area contributed by atoms with Crippen LogP contribution in [0.4, 0.5) is 11.5 Å². The first-order valence-electron chi connectivity index (χ1n) is 5.61. The van der Waals surface area contributed by atoms with Crippen LogP contribution in [-0.2, 0) is 7.05 Å². The number of nitrogens with one attached hydrogen (secondary N) is 1. The molecular formula is C13H13N3O3. The number of anilines is 2. The van der Waals surface area contributed by atoms with E-state index in [1.165, 1.54) is 16.8 Å². The molecule has 0 amide bonds. The topological polar surface area (TPSA) is 84.2 Å². The summed E-state index contributed by atoms with van der Waals surface area (Å²) in [7, 11) is 1.62. The number of aromatic carboxylic acids is 1. The predicted molar refractivity (Wildman–Crippen MR) is 70.9 cm³/mol. The van der Waals surface area contributed by atoms with Crippen molar-refractivity contribution in [2.45, 2.75) is 6.92 Å². The number of aryl methyl sites for hydroxylation is 2. The van der Waals surface area contributed by atoms with Crippen LogP contribution in [-0.4, -0.2) is 20.6 Å². The largest absolute Gasteiger partial charge is 0.478 e. The van der Waals surface area contributed by atoms with Gasteiger partial charge in [-0.3, -0.25) is 4.79 Å². The molecule has 0 radical (unpaired) electrons. The van der Waals surface area contributed by atoms with E-state index in [0.717, 1.165) is 0 Å². The molecule has 1 aromatic carbocycles. The molecule has 0 fully saturated rings. The SMILES string of the molecule is Cc1ccc(Nc2nccn(C)c2=O)cc1C(=O)O. The zero-order valence-corrected chi connectivity index (χ0v) is 10.5. The first-order valence-corrected chi connectivity index (χ1v) is 5.61. The highest BCUT2D eigenvalue weighted by Gasteiger charge is 2.09. The first kappa shape index (κ1) is 12.8. The van der Waals surface area contributed by atoms with Crippen LogP contribution >= 0.6 is 0 Å². The van der Waals surface area contributed by atoms with Gasteiger partial charge in [-0.1, -0.05) is 6.07 Å². The maximum absolute atomic E-state index is 11.8. The van der Waals surface area contributed by atoms with Crippen molar-refractivity contribution in [1.29, 1.82) is 0 Å². The molecular weight excluding hydrogens is 246 g/mol. The minimum atomic E-state index is -1.00. The van der Waals surface area contributed by atoms with Crippen LogP contribution < -0.4 is 10.9 Å². The van der Waals surface area contributed by atoms with Crippen molar-refractivity contribution in [3.8, 4) is 0 Å². The van der Waals surface area contributed by atoms with Crippen LogP contribution in [0, 0.1) is 6.92 Å². The summed E-state index contributed by atoms with van der Waals surface area (Å²) in [6.07, 6.45) is 3.04. The van der Waals surface area contributed by atoms with Crippen LogP contribution in [0.25, 0.3) is 0 Å². The Labute approximate surface area is 109 Å². The molecule has 0 aliphatic rings. The van der Waals surface area contributed by atoms with Gasteiger partial charge >= 0.3 is 5.97 Å². The van der Waals surface area contributed by atoms with E-state index in [4.69, 9.17) is 5.11 Å². The monoisotopic (exact) mass is 259 g/mol. The van der Waals surface area contributed by atoms with E-state index >= 15 is 0 Å². The van der Waals surface area contributed by atoms with Crippen LogP contribution in [0.2, 0.25) is 0 Å². The highest BCUT2D eigenvalue weighted by atomic mass is 16.4. The maximum Gasteiger partial charge on any atom is 0.336 e. The van der Waals surface area contributed by atoms with Gasteiger partial charge in [0.1, 0.15) is 0 Å². The number of carboxylic acids is 1. The number of aromatic nitrogens is 2. The number of hydrogen-bond donors (Lipinski definition) is 2. The normalized spacial score (nSPS) is 10.2. The highest BCUT2D eigenvalue weighted by Crippen LogP contribution is 2.17. The minimum absolute atomic E-state index is 0.158. The lowest BCUT2D eigenvalue weighted by Gasteiger charge is -2.08. The molecule has 6 nitrogen and oxygen atoms in total. The predicted octanol–water partition coefficient (Wildman–Crippen LogP) is 1.53. The van der Waals surface area contributed by atoms with Gasteiger partial charge in [-0.25, -0.2) is 9.78 Å². The second kappa shape index (κ2) is 4.93. The van der Waals surface area contributed by atoms with Gasteiger partial charge < -0.3 is 15.0 Å². The first-order chi connectivity index (χ1) is 8.99. The molecule has 0 aliphatic heterocycles. The number of carbonyl (C=O) groups is 1. The molecule has 6 heteroatoms. The fraction of sp³-hybridized carbons (Fsp3) is 0.154. The van der Waals surface area contributed by atoms with E-state index < -0.39 is 5.97 Å². The van der Waals surface area contributed by atoms with E-state index in [1.807, 2.05) is 0 Å². The Morgan fingerprint density at radius 2 is 2.16 bits per heavy atom. The van der Waals surface area contributed by atoms with E-state index in [1.54, 1.807) is 32.3 Å². The molecule has 1 heterocycles. The second-order valence-electron chi connectivity index (χ2n) is 4.15. The summed E-state index contributed by atoms with van der Waals surface area (Å²) in [5.41, 5.74) is 1.09. The van der Waals surface area contributed by atoms with Crippen LogP contribution in [0.5, 0.6) is 0 Å². The minimum Gasteiger partial charge on any atom is -0.478 e. The third-order valence-corrected chi connectivity index (χ3v) is 2.75. The Morgan fingerprint density at radius 3 is 2.84 bits per heavy atom. The van der Waals surface area contributed by atoms with Crippen molar-refractivity contribution in [3.05, 3.63) is 52.1 Å². The average Bonchev–Trinajstić information content (AvgIpc) is 2.37. The van der Waals surface area contributed by atoms with Gasteiger partial charge in [0, 0.05) is 25.1 Å². The van der Waals surface area contributed by atoms with Gasteiger partial charge in [-0.2, -0.15) is 0 Å². The third-order valence-electron chi connectivity index (χ3n) is 2.75. The lowest BCUT2D eigenvalue weighted by atomic mass is 10.1. The summed E-state index contributed by atoms with van der Waals surface area (Å²) in [6.45, 7) is 1.72.